The molecule has 1 aliphatic rings. The number of nitrogens with two attached hydrogens (primary N) is 1. The van der Waals surface area contributed by atoms with E-state index in [1.807, 2.05) is 13.0 Å². The summed E-state index contributed by atoms with van der Waals surface area (Å²) in [5.41, 5.74) is 8.51. The van der Waals surface area contributed by atoms with Crippen LogP contribution in [0.1, 0.15) is 45.7 Å². The van der Waals surface area contributed by atoms with Crippen molar-refractivity contribution in [3.05, 3.63) is 28.8 Å². The summed E-state index contributed by atoms with van der Waals surface area (Å²) < 4.78 is 0. The van der Waals surface area contributed by atoms with Crippen molar-refractivity contribution < 1.29 is 0 Å². The highest BCUT2D eigenvalue weighted by Crippen LogP contribution is 2.38. The van der Waals surface area contributed by atoms with Crippen LogP contribution in [0.2, 0.25) is 5.02 Å². The summed E-state index contributed by atoms with van der Waals surface area (Å²) in [6.45, 7) is 11.1. The van der Waals surface area contributed by atoms with Gasteiger partial charge < -0.3 is 10.6 Å². The monoisotopic (exact) mass is 280 g/mol. The molecule has 1 aliphatic heterocycles. The van der Waals surface area contributed by atoms with Crippen LogP contribution in [0.4, 0.5) is 5.69 Å². The first kappa shape index (κ1) is 14.7. The summed E-state index contributed by atoms with van der Waals surface area (Å²) in [5.74, 6) is 0.733. The molecule has 1 aromatic rings. The Bertz CT molecular complexity index is 449. The van der Waals surface area contributed by atoms with Crippen molar-refractivity contribution in [1.29, 1.82) is 0 Å². The van der Waals surface area contributed by atoms with Gasteiger partial charge in [0.05, 0.1) is 10.7 Å². The van der Waals surface area contributed by atoms with E-state index < -0.39 is 0 Å². The van der Waals surface area contributed by atoms with Gasteiger partial charge in [0.2, 0.25) is 0 Å². The third-order valence-electron chi connectivity index (χ3n) is 4.25. The molecular formula is C16H25ClN2. The molecule has 1 fully saturated rings. The molecule has 2 nitrogen and oxygen atoms in total. The smallest absolute Gasteiger partial charge is 0.0642 e. The Kier molecular flexibility index (Phi) is 4.12. The molecule has 0 spiro atoms. The second-order valence-corrected chi connectivity index (χ2v) is 7.20. The number of anilines is 1. The first-order valence-corrected chi connectivity index (χ1v) is 7.47. The number of rotatable bonds is 2. The lowest BCUT2D eigenvalue weighted by molar-refractivity contribution is 0.263. The first-order chi connectivity index (χ1) is 8.79. The van der Waals surface area contributed by atoms with Gasteiger partial charge in [-0.25, -0.2) is 0 Å². The molecule has 2 N–H and O–H groups in total. The van der Waals surface area contributed by atoms with Crippen LogP contribution in [0.3, 0.4) is 0 Å². The van der Waals surface area contributed by atoms with Gasteiger partial charge in [-0.2, -0.15) is 0 Å². The number of hydrogen-bond donors (Lipinski definition) is 1. The predicted octanol–water partition coefficient (Wildman–Crippen LogP) is 4.23. The number of hydrogen-bond acceptors (Lipinski definition) is 2. The fraction of sp³-hybridized carbons (Fsp3) is 0.625. The van der Waals surface area contributed by atoms with Crippen molar-refractivity contribution in [1.82, 2.24) is 0 Å². The molecule has 1 saturated heterocycles. The Hall–Kier alpha value is -0.730. The minimum absolute atomic E-state index is 0.0347. The van der Waals surface area contributed by atoms with E-state index in [9.17, 15) is 0 Å². The number of benzene rings is 1. The van der Waals surface area contributed by atoms with Crippen LogP contribution in [0.5, 0.6) is 0 Å². The quantitative estimate of drug-likeness (QED) is 0.878. The fourth-order valence-electron chi connectivity index (χ4n) is 2.75. The van der Waals surface area contributed by atoms with Crippen LogP contribution >= 0.6 is 11.6 Å². The maximum Gasteiger partial charge on any atom is 0.0642 e. The van der Waals surface area contributed by atoms with Gasteiger partial charge in [0.15, 0.2) is 0 Å². The van der Waals surface area contributed by atoms with E-state index in [2.05, 4.69) is 37.8 Å². The Morgan fingerprint density at radius 2 is 2.05 bits per heavy atom. The standard InChI is InChI=1S/C16H25ClN2/c1-11(18)12-5-6-15(14(17)9-12)19-8-7-13(10-19)16(2,3)4/h5-6,9,11,13H,7-8,10,18H2,1-4H3/t11-,13?/m0/s1. The summed E-state index contributed by atoms with van der Waals surface area (Å²) in [5, 5.41) is 0.823. The SMILES string of the molecule is C[C@H](N)c1ccc(N2CCC(C(C)(C)C)C2)c(Cl)c1. The molecule has 3 heteroatoms. The molecule has 0 bridgehead atoms. The van der Waals surface area contributed by atoms with E-state index in [0.717, 1.165) is 35.3 Å². The Labute approximate surface area is 121 Å². The molecule has 1 heterocycles. The molecule has 0 aromatic heterocycles. The van der Waals surface area contributed by atoms with E-state index in [-0.39, 0.29) is 6.04 Å². The van der Waals surface area contributed by atoms with Crippen LogP contribution in [-0.4, -0.2) is 13.1 Å². The minimum Gasteiger partial charge on any atom is -0.370 e. The van der Waals surface area contributed by atoms with Crippen LogP contribution in [-0.2, 0) is 0 Å². The molecule has 1 unspecified atom stereocenters. The predicted molar refractivity (Wildman–Crippen MR) is 83.8 cm³/mol. The van der Waals surface area contributed by atoms with Gasteiger partial charge in [-0.3, -0.25) is 0 Å². The molecule has 0 aliphatic carbocycles. The van der Waals surface area contributed by atoms with Crippen molar-refractivity contribution in [3.63, 3.8) is 0 Å². The summed E-state index contributed by atoms with van der Waals surface area (Å²) in [4.78, 5) is 2.41. The van der Waals surface area contributed by atoms with Crippen LogP contribution in [0.25, 0.3) is 0 Å². The molecule has 2 atom stereocenters. The van der Waals surface area contributed by atoms with Gasteiger partial charge in [-0.1, -0.05) is 38.4 Å². The summed E-state index contributed by atoms with van der Waals surface area (Å²) in [6, 6.07) is 6.25. The van der Waals surface area contributed by atoms with Gasteiger partial charge in [0, 0.05) is 19.1 Å². The molecular weight excluding hydrogens is 256 g/mol. The van der Waals surface area contributed by atoms with Crippen LogP contribution in [0.15, 0.2) is 18.2 Å². The summed E-state index contributed by atoms with van der Waals surface area (Å²) >= 11 is 6.42. The van der Waals surface area contributed by atoms with Crippen LogP contribution < -0.4 is 10.6 Å². The molecule has 2 rings (SSSR count). The van der Waals surface area contributed by atoms with Crippen molar-refractivity contribution >= 4 is 17.3 Å². The maximum atomic E-state index is 6.42. The van der Waals surface area contributed by atoms with Crippen molar-refractivity contribution in [3.8, 4) is 0 Å². The second-order valence-electron chi connectivity index (χ2n) is 6.80. The van der Waals surface area contributed by atoms with Crippen molar-refractivity contribution in [2.75, 3.05) is 18.0 Å². The van der Waals surface area contributed by atoms with E-state index in [0.29, 0.717) is 5.41 Å². The van der Waals surface area contributed by atoms with Gasteiger partial charge in [-0.15, -0.1) is 0 Å². The number of nitrogens with zero attached hydrogens (tertiary/aromatic N) is 1. The minimum atomic E-state index is 0.0347. The molecule has 0 amide bonds. The lowest BCUT2D eigenvalue weighted by atomic mass is 9.80. The summed E-state index contributed by atoms with van der Waals surface area (Å²) in [7, 11) is 0. The zero-order valence-electron chi connectivity index (χ0n) is 12.4. The van der Waals surface area contributed by atoms with E-state index in [1.54, 1.807) is 0 Å². The van der Waals surface area contributed by atoms with Gasteiger partial charge >= 0.3 is 0 Å². The van der Waals surface area contributed by atoms with E-state index in [1.165, 1.54) is 6.42 Å². The largest absolute Gasteiger partial charge is 0.370 e. The van der Waals surface area contributed by atoms with Crippen molar-refractivity contribution in [2.45, 2.75) is 40.2 Å². The molecule has 19 heavy (non-hydrogen) atoms. The fourth-order valence-corrected chi connectivity index (χ4v) is 3.06. The molecule has 0 radical (unpaired) electrons. The normalized spacial score (nSPS) is 21.8. The lowest BCUT2D eigenvalue weighted by Gasteiger charge is -2.28. The number of halogens is 1. The molecule has 0 saturated carbocycles. The Morgan fingerprint density at radius 3 is 2.53 bits per heavy atom. The average molecular weight is 281 g/mol. The highest BCUT2D eigenvalue weighted by molar-refractivity contribution is 6.33. The third kappa shape index (κ3) is 3.24. The van der Waals surface area contributed by atoms with Crippen molar-refractivity contribution in [2.24, 2.45) is 17.1 Å². The highest BCUT2D eigenvalue weighted by atomic mass is 35.5. The Morgan fingerprint density at radius 1 is 1.37 bits per heavy atom. The Balaban J connectivity index is 2.16. The van der Waals surface area contributed by atoms with E-state index in [4.69, 9.17) is 17.3 Å². The zero-order valence-corrected chi connectivity index (χ0v) is 13.2. The maximum absolute atomic E-state index is 6.42. The average Bonchev–Trinajstić information content (AvgIpc) is 2.77. The summed E-state index contributed by atoms with van der Waals surface area (Å²) in [6.07, 6.45) is 1.24. The van der Waals surface area contributed by atoms with Gasteiger partial charge in [0.25, 0.3) is 0 Å². The van der Waals surface area contributed by atoms with E-state index >= 15 is 0 Å². The van der Waals surface area contributed by atoms with Gasteiger partial charge in [-0.05, 0) is 42.4 Å². The van der Waals surface area contributed by atoms with Gasteiger partial charge in [0.1, 0.15) is 0 Å². The first-order valence-electron chi connectivity index (χ1n) is 7.09. The van der Waals surface area contributed by atoms with Crippen LogP contribution in [0, 0.1) is 11.3 Å². The highest BCUT2D eigenvalue weighted by Gasteiger charge is 2.32. The third-order valence-corrected chi connectivity index (χ3v) is 4.55. The second kappa shape index (κ2) is 5.34. The zero-order chi connectivity index (χ0) is 14.2. The molecule has 106 valence electrons. The lowest BCUT2D eigenvalue weighted by Crippen LogP contribution is -2.26. The topological polar surface area (TPSA) is 29.3 Å². The molecule has 1 aromatic carbocycles.